The Kier molecular flexibility index (Phi) is 8.63. The molecule has 32 heavy (non-hydrogen) atoms. The van der Waals surface area contributed by atoms with Gasteiger partial charge in [-0.2, -0.15) is 0 Å². The summed E-state index contributed by atoms with van der Waals surface area (Å²) in [6, 6.07) is 5.46. The first-order chi connectivity index (χ1) is 15.3. The van der Waals surface area contributed by atoms with Crippen LogP contribution in [0.2, 0.25) is 0 Å². The lowest BCUT2D eigenvalue weighted by molar-refractivity contribution is -0.202. The summed E-state index contributed by atoms with van der Waals surface area (Å²) in [5, 5.41) is 9.79. The van der Waals surface area contributed by atoms with Gasteiger partial charge >= 0.3 is 0 Å². The van der Waals surface area contributed by atoms with Gasteiger partial charge in [0.05, 0.1) is 26.4 Å². The van der Waals surface area contributed by atoms with Crippen LogP contribution in [0.1, 0.15) is 39.9 Å². The van der Waals surface area contributed by atoms with Crippen molar-refractivity contribution >= 4 is 34.3 Å². The molecule has 0 bridgehead atoms. The van der Waals surface area contributed by atoms with E-state index in [0.29, 0.717) is 9.99 Å². The standard InChI is InChI=1S/C22H21F3INO5/c23-18-10-15(26)4-3-13(18)8-17-16(19(29)12-31-7-5-28)9-14(21(24)22(17)25)11-27-20(30)2-1-6-32-27/h3-4,9-10,28H,1-2,5-8,11-12H2. The maximum Gasteiger partial charge on any atom is 0.246 e. The van der Waals surface area contributed by atoms with Gasteiger partial charge in [-0.25, -0.2) is 18.2 Å². The van der Waals surface area contributed by atoms with Crippen LogP contribution in [0.15, 0.2) is 24.3 Å². The maximum atomic E-state index is 15.1. The number of amides is 1. The zero-order valence-corrected chi connectivity index (χ0v) is 19.2. The minimum Gasteiger partial charge on any atom is -0.394 e. The number of halogens is 4. The molecule has 0 aromatic heterocycles. The van der Waals surface area contributed by atoms with Crippen molar-refractivity contribution in [1.29, 1.82) is 0 Å². The van der Waals surface area contributed by atoms with Crippen LogP contribution in [0.25, 0.3) is 0 Å². The van der Waals surface area contributed by atoms with Crippen molar-refractivity contribution in [3.63, 3.8) is 0 Å². The van der Waals surface area contributed by atoms with Gasteiger partial charge in [0.15, 0.2) is 17.4 Å². The third-order valence-electron chi connectivity index (χ3n) is 4.91. The average molecular weight is 563 g/mol. The molecule has 1 aliphatic heterocycles. The molecule has 2 aromatic carbocycles. The van der Waals surface area contributed by atoms with E-state index in [4.69, 9.17) is 14.7 Å². The molecule has 0 saturated carbocycles. The second kappa shape index (κ2) is 11.2. The van der Waals surface area contributed by atoms with Gasteiger partial charge < -0.3 is 9.84 Å². The van der Waals surface area contributed by atoms with Crippen molar-refractivity contribution in [3.8, 4) is 0 Å². The number of aliphatic hydroxyl groups is 1. The quantitative estimate of drug-likeness (QED) is 0.287. The molecule has 0 radical (unpaired) electrons. The number of ketones is 1. The highest BCUT2D eigenvalue weighted by molar-refractivity contribution is 14.1. The molecule has 10 heteroatoms. The van der Waals surface area contributed by atoms with Crippen LogP contribution in [0.4, 0.5) is 13.2 Å². The molecule has 6 nitrogen and oxygen atoms in total. The van der Waals surface area contributed by atoms with E-state index < -0.39 is 29.8 Å². The Labute approximate surface area is 196 Å². The van der Waals surface area contributed by atoms with Crippen LogP contribution in [-0.2, 0) is 27.3 Å². The summed E-state index contributed by atoms with van der Waals surface area (Å²) >= 11 is 1.92. The summed E-state index contributed by atoms with van der Waals surface area (Å²) in [7, 11) is 0. The van der Waals surface area contributed by atoms with Crippen LogP contribution in [0.3, 0.4) is 0 Å². The first kappa shape index (κ1) is 24.6. The number of Topliss-reactive ketones (excluding diaryl/α,β-unsaturated/α-hetero) is 1. The molecule has 1 aliphatic rings. The first-order valence-corrected chi connectivity index (χ1v) is 11.0. The van der Waals surface area contributed by atoms with Crippen LogP contribution in [0.5, 0.6) is 0 Å². The summed E-state index contributed by atoms with van der Waals surface area (Å²) in [4.78, 5) is 30.0. The highest BCUT2D eigenvalue weighted by atomic mass is 127. The molecule has 172 valence electrons. The third-order valence-corrected chi connectivity index (χ3v) is 5.58. The predicted molar refractivity (Wildman–Crippen MR) is 116 cm³/mol. The molecule has 1 fully saturated rings. The highest BCUT2D eigenvalue weighted by Gasteiger charge is 2.27. The van der Waals surface area contributed by atoms with Crippen LogP contribution in [0, 0.1) is 21.0 Å². The Bertz CT molecular complexity index is 1020. The minimum absolute atomic E-state index is 0.0938. The van der Waals surface area contributed by atoms with Crippen molar-refractivity contribution in [3.05, 3.63) is 67.5 Å². The van der Waals surface area contributed by atoms with Crippen LogP contribution >= 0.6 is 22.6 Å². The second-order valence-electron chi connectivity index (χ2n) is 7.17. The predicted octanol–water partition coefficient (Wildman–Crippen LogP) is 3.54. The van der Waals surface area contributed by atoms with Crippen molar-refractivity contribution in [2.45, 2.75) is 25.8 Å². The van der Waals surface area contributed by atoms with E-state index in [1.165, 1.54) is 12.1 Å². The normalized spacial score (nSPS) is 14.2. The fraction of sp³-hybridized carbons (Fsp3) is 0.364. The van der Waals surface area contributed by atoms with E-state index in [9.17, 15) is 18.4 Å². The Morgan fingerprint density at radius 3 is 2.66 bits per heavy atom. The Morgan fingerprint density at radius 2 is 1.97 bits per heavy atom. The number of hydrogen-bond donors (Lipinski definition) is 1. The number of ether oxygens (including phenoxy) is 1. The molecule has 1 saturated heterocycles. The zero-order valence-electron chi connectivity index (χ0n) is 17.0. The van der Waals surface area contributed by atoms with Gasteiger partial charge in [-0.1, -0.05) is 6.07 Å². The third kappa shape index (κ3) is 5.85. The lowest BCUT2D eigenvalue weighted by Gasteiger charge is -2.26. The molecule has 3 rings (SSSR count). The van der Waals surface area contributed by atoms with E-state index in [0.717, 1.165) is 11.1 Å². The van der Waals surface area contributed by atoms with E-state index in [1.807, 2.05) is 22.6 Å². The summed E-state index contributed by atoms with van der Waals surface area (Å²) in [5.41, 5.74) is -0.638. The molecule has 1 amide bonds. The van der Waals surface area contributed by atoms with Gasteiger partial charge in [0, 0.05) is 33.1 Å². The number of carbonyl (C=O) groups excluding carboxylic acids is 2. The number of nitrogens with zero attached hydrogens (tertiary/aromatic N) is 1. The second-order valence-corrected chi connectivity index (χ2v) is 8.41. The fourth-order valence-corrected chi connectivity index (χ4v) is 3.75. The van der Waals surface area contributed by atoms with Gasteiger partial charge in [-0.15, -0.1) is 0 Å². The topological polar surface area (TPSA) is 76.1 Å². The van der Waals surface area contributed by atoms with Gasteiger partial charge in [0.2, 0.25) is 5.91 Å². The molecule has 0 spiro atoms. The molecular formula is C22H21F3INO5. The lowest BCUT2D eigenvalue weighted by atomic mass is 9.94. The van der Waals surface area contributed by atoms with Crippen molar-refractivity contribution in [1.82, 2.24) is 5.06 Å². The van der Waals surface area contributed by atoms with Crippen LogP contribution < -0.4 is 0 Å². The number of hydroxylamine groups is 2. The first-order valence-electron chi connectivity index (χ1n) is 9.90. The number of aliphatic hydroxyl groups excluding tert-OH is 1. The SMILES string of the molecule is O=C(COCCO)c1cc(CN2OCCCC2=O)c(F)c(F)c1Cc1ccc(I)cc1F. The molecule has 0 atom stereocenters. The van der Waals surface area contributed by atoms with Crippen molar-refractivity contribution in [2.75, 3.05) is 26.4 Å². The van der Waals surface area contributed by atoms with Crippen LogP contribution in [-0.4, -0.2) is 48.3 Å². The Morgan fingerprint density at radius 1 is 1.19 bits per heavy atom. The smallest absolute Gasteiger partial charge is 0.246 e. The van der Waals surface area contributed by atoms with Crippen molar-refractivity contribution in [2.24, 2.45) is 0 Å². The minimum atomic E-state index is -1.30. The summed E-state index contributed by atoms with van der Waals surface area (Å²) in [6.45, 7) is -1.02. The summed E-state index contributed by atoms with van der Waals surface area (Å²) in [6.07, 6.45) is 0.389. The Balaban J connectivity index is 2.00. The number of benzene rings is 2. The molecule has 0 unspecified atom stereocenters. The Hall–Kier alpha value is -2.02. The summed E-state index contributed by atoms with van der Waals surface area (Å²) in [5.74, 6) is -4.18. The monoisotopic (exact) mass is 563 g/mol. The number of carbonyl (C=O) groups is 2. The maximum absolute atomic E-state index is 15.1. The van der Waals surface area contributed by atoms with Gasteiger partial charge in [0.25, 0.3) is 0 Å². The van der Waals surface area contributed by atoms with E-state index in [2.05, 4.69) is 0 Å². The van der Waals surface area contributed by atoms with Gasteiger partial charge in [0.1, 0.15) is 12.4 Å². The number of hydrogen-bond acceptors (Lipinski definition) is 5. The number of rotatable bonds is 9. The molecule has 0 aliphatic carbocycles. The average Bonchev–Trinajstić information content (AvgIpc) is 2.76. The molecular weight excluding hydrogens is 542 g/mol. The van der Waals surface area contributed by atoms with E-state index in [1.54, 1.807) is 6.07 Å². The van der Waals surface area contributed by atoms with E-state index in [-0.39, 0.29) is 67.4 Å². The molecule has 1 N–H and O–H groups in total. The summed E-state index contributed by atoms with van der Waals surface area (Å²) < 4.78 is 50.1. The largest absolute Gasteiger partial charge is 0.394 e. The fourth-order valence-electron chi connectivity index (χ4n) is 3.30. The lowest BCUT2D eigenvalue weighted by Crippen LogP contribution is -2.35. The molecule has 2 aromatic rings. The van der Waals surface area contributed by atoms with E-state index >= 15 is 4.39 Å². The highest BCUT2D eigenvalue weighted by Crippen LogP contribution is 2.27. The van der Waals surface area contributed by atoms with Gasteiger partial charge in [-0.05, 0) is 52.8 Å². The van der Waals surface area contributed by atoms with Gasteiger partial charge in [-0.3, -0.25) is 14.4 Å². The van der Waals surface area contributed by atoms with Crippen molar-refractivity contribution < 1.29 is 37.4 Å². The zero-order chi connectivity index (χ0) is 23.3. The molecule has 1 heterocycles.